The molecular formula is C15H9BrN4O3S. The highest BCUT2D eigenvalue weighted by Gasteiger charge is 2.12. The lowest BCUT2D eigenvalue weighted by atomic mass is 10.1. The number of carbonyl (C=O) groups is 1. The van der Waals surface area contributed by atoms with E-state index < -0.39 is 4.92 Å². The number of non-ortho nitro benzene ring substituents is 1. The summed E-state index contributed by atoms with van der Waals surface area (Å²) < 4.78 is 0.701. The summed E-state index contributed by atoms with van der Waals surface area (Å²) in [6, 6.07) is 7.83. The molecule has 2 aromatic heterocycles. The number of carbonyl (C=O) groups excluding carboxylic acids is 1. The van der Waals surface area contributed by atoms with Gasteiger partial charge >= 0.3 is 0 Å². The Kier molecular flexibility index (Phi) is 4.63. The molecular weight excluding hydrogens is 396 g/mol. The number of halogens is 1. The van der Waals surface area contributed by atoms with Gasteiger partial charge in [0.25, 0.3) is 11.6 Å². The van der Waals surface area contributed by atoms with E-state index in [1.54, 1.807) is 29.8 Å². The van der Waals surface area contributed by atoms with Crippen LogP contribution in [0.15, 0.2) is 52.6 Å². The fourth-order valence-electron chi connectivity index (χ4n) is 1.95. The van der Waals surface area contributed by atoms with Crippen molar-refractivity contribution in [3.05, 3.63) is 68.3 Å². The third-order valence-corrected chi connectivity index (χ3v) is 4.24. The van der Waals surface area contributed by atoms with Gasteiger partial charge in [0, 0.05) is 39.9 Å². The van der Waals surface area contributed by atoms with Gasteiger partial charge in [0.15, 0.2) is 5.13 Å². The topological polar surface area (TPSA) is 98.0 Å². The van der Waals surface area contributed by atoms with Gasteiger partial charge in [-0.3, -0.25) is 25.2 Å². The van der Waals surface area contributed by atoms with Crippen molar-refractivity contribution in [3.8, 4) is 11.3 Å². The van der Waals surface area contributed by atoms with Crippen LogP contribution in [0.3, 0.4) is 0 Å². The van der Waals surface area contributed by atoms with E-state index in [0.717, 1.165) is 0 Å². The lowest BCUT2D eigenvalue weighted by molar-refractivity contribution is -0.384. The van der Waals surface area contributed by atoms with Gasteiger partial charge in [-0.2, -0.15) is 0 Å². The number of nitro groups is 1. The molecule has 0 aliphatic carbocycles. The zero-order chi connectivity index (χ0) is 17.1. The summed E-state index contributed by atoms with van der Waals surface area (Å²) in [6.07, 6.45) is 3.04. The first-order valence-corrected chi connectivity index (χ1v) is 8.32. The third-order valence-electron chi connectivity index (χ3n) is 3.04. The van der Waals surface area contributed by atoms with E-state index in [1.165, 1.54) is 29.7 Å². The quantitative estimate of drug-likeness (QED) is 0.520. The first-order valence-electron chi connectivity index (χ1n) is 6.65. The summed E-state index contributed by atoms with van der Waals surface area (Å²) in [4.78, 5) is 30.8. The largest absolute Gasteiger partial charge is 0.298 e. The van der Waals surface area contributed by atoms with E-state index in [2.05, 4.69) is 31.2 Å². The van der Waals surface area contributed by atoms with Gasteiger partial charge < -0.3 is 0 Å². The SMILES string of the molecule is O=C(Nc1nc(-c2cccc([N+](=O)[O-])c2)cs1)c1cncc(Br)c1. The summed E-state index contributed by atoms with van der Waals surface area (Å²) in [6.45, 7) is 0. The molecule has 0 bridgehead atoms. The maximum Gasteiger partial charge on any atom is 0.270 e. The van der Waals surface area contributed by atoms with E-state index in [-0.39, 0.29) is 11.6 Å². The number of pyridine rings is 1. The highest BCUT2D eigenvalue weighted by molar-refractivity contribution is 9.10. The summed E-state index contributed by atoms with van der Waals surface area (Å²) in [5.74, 6) is -0.330. The van der Waals surface area contributed by atoms with Gasteiger partial charge in [0.05, 0.1) is 16.2 Å². The van der Waals surface area contributed by atoms with E-state index in [0.29, 0.717) is 26.4 Å². The molecule has 0 aliphatic rings. The molecule has 0 unspecified atom stereocenters. The first-order chi connectivity index (χ1) is 11.5. The number of benzene rings is 1. The van der Waals surface area contributed by atoms with Crippen molar-refractivity contribution in [1.29, 1.82) is 0 Å². The van der Waals surface area contributed by atoms with Crippen molar-refractivity contribution in [2.24, 2.45) is 0 Å². The predicted molar refractivity (Wildman–Crippen MR) is 94.1 cm³/mol. The molecule has 9 heteroatoms. The van der Waals surface area contributed by atoms with Crippen LogP contribution < -0.4 is 5.32 Å². The Morgan fingerprint density at radius 1 is 1.29 bits per heavy atom. The van der Waals surface area contributed by atoms with Gasteiger partial charge in [0.2, 0.25) is 0 Å². The number of rotatable bonds is 4. The highest BCUT2D eigenvalue weighted by Crippen LogP contribution is 2.27. The molecule has 1 aromatic carbocycles. The molecule has 0 spiro atoms. The zero-order valence-electron chi connectivity index (χ0n) is 12.0. The number of hydrogen-bond donors (Lipinski definition) is 1. The number of nitrogens with one attached hydrogen (secondary N) is 1. The predicted octanol–water partition coefficient (Wildman–Crippen LogP) is 4.13. The third kappa shape index (κ3) is 3.63. The lowest BCUT2D eigenvalue weighted by Gasteiger charge is -2.01. The number of aromatic nitrogens is 2. The Labute approximate surface area is 148 Å². The molecule has 1 amide bonds. The van der Waals surface area contributed by atoms with Crippen molar-refractivity contribution in [3.63, 3.8) is 0 Å². The van der Waals surface area contributed by atoms with E-state index in [1.807, 2.05) is 0 Å². The molecule has 3 rings (SSSR count). The van der Waals surface area contributed by atoms with Crippen LogP contribution in [0.1, 0.15) is 10.4 Å². The van der Waals surface area contributed by atoms with Gasteiger partial charge in [-0.15, -0.1) is 11.3 Å². The maximum absolute atomic E-state index is 12.2. The fraction of sp³-hybridized carbons (Fsp3) is 0. The summed E-state index contributed by atoms with van der Waals surface area (Å²) in [5.41, 5.74) is 1.57. The maximum atomic E-state index is 12.2. The Morgan fingerprint density at radius 3 is 2.88 bits per heavy atom. The molecule has 1 N–H and O–H groups in total. The van der Waals surface area contributed by atoms with Gasteiger partial charge in [-0.25, -0.2) is 4.98 Å². The van der Waals surface area contributed by atoms with Crippen LogP contribution in [0.5, 0.6) is 0 Å². The standard InChI is InChI=1S/C15H9BrN4O3S/c16-11-4-10(6-17-7-11)14(21)19-15-18-13(8-24-15)9-2-1-3-12(5-9)20(22)23/h1-8H,(H,18,19,21). The lowest BCUT2D eigenvalue weighted by Crippen LogP contribution is -2.11. The molecule has 0 radical (unpaired) electrons. The smallest absolute Gasteiger partial charge is 0.270 e. The minimum absolute atomic E-state index is 0.00806. The molecule has 0 saturated carbocycles. The Bertz CT molecular complexity index is 928. The molecule has 3 aromatic rings. The number of thiazole rings is 1. The van der Waals surface area contributed by atoms with Gasteiger partial charge in [0.1, 0.15) is 0 Å². The molecule has 0 saturated heterocycles. The van der Waals surface area contributed by atoms with Crippen molar-refractivity contribution in [1.82, 2.24) is 9.97 Å². The van der Waals surface area contributed by atoms with Crippen LogP contribution in [-0.2, 0) is 0 Å². The zero-order valence-corrected chi connectivity index (χ0v) is 14.4. The molecule has 0 aliphatic heterocycles. The Hall–Kier alpha value is -2.65. The second-order valence-electron chi connectivity index (χ2n) is 4.69. The first kappa shape index (κ1) is 16.2. The van der Waals surface area contributed by atoms with Crippen molar-refractivity contribution >= 4 is 44.0 Å². The average Bonchev–Trinajstić information content (AvgIpc) is 3.03. The highest BCUT2D eigenvalue weighted by atomic mass is 79.9. The number of anilines is 1. The minimum atomic E-state index is -0.460. The summed E-state index contributed by atoms with van der Waals surface area (Å²) in [7, 11) is 0. The van der Waals surface area contributed by atoms with Crippen molar-refractivity contribution < 1.29 is 9.72 Å². The minimum Gasteiger partial charge on any atom is -0.298 e. The van der Waals surface area contributed by atoms with E-state index >= 15 is 0 Å². The number of nitro benzene ring substituents is 1. The summed E-state index contributed by atoms with van der Waals surface area (Å²) >= 11 is 4.50. The van der Waals surface area contributed by atoms with E-state index in [4.69, 9.17) is 0 Å². The normalized spacial score (nSPS) is 10.4. The number of nitrogens with zero attached hydrogens (tertiary/aromatic N) is 3. The molecule has 0 fully saturated rings. The van der Waals surface area contributed by atoms with Crippen LogP contribution >= 0.6 is 27.3 Å². The molecule has 0 atom stereocenters. The fourth-order valence-corrected chi connectivity index (χ4v) is 3.03. The second-order valence-corrected chi connectivity index (χ2v) is 6.47. The van der Waals surface area contributed by atoms with Crippen LogP contribution in [-0.4, -0.2) is 20.8 Å². The number of amides is 1. The van der Waals surface area contributed by atoms with Crippen LogP contribution in [0.25, 0.3) is 11.3 Å². The Balaban J connectivity index is 1.80. The molecule has 2 heterocycles. The van der Waals surface area contributed by atoms with Crippen LogP contribution in [0.4, 0.5) is 10.8 Å². The second kappa shape index (κ2) is 6.85. The van der Waals surface area contributed by atoms with Crippen molar-refractivity contribution in [2.45, 2.75) is 0 Å². The van der Waals surface area contributed by atoms with Crippen molar-refractivity contribution in [2.75, 3.05) is 5.32 Å². The average molecular weight is 405 g/mol. The monoisotopic (exact) mass is 404 g/mol. The Morgan fingerprint density at radius 2 is 2.12 bits per heavy atom. The van der Waals surface area contributed by atoms with Crippen LogP contribution in [0.2, 0.25) is 0 Å². The molecule has 7 nitrogen and oxygen atoms in total. The molecule has 24 heavy (non-hydrogen) atoms. The summed E-state index contributed by atoms with van der Waals surface area (Å²) in [5, 5.41) is 15.7. The van der Waals surface area contributed by atoms with E-state index in [9.17, 15) is 14.9 Å². The van der Waals surface area contributed by atoms with Gasteiger partial charge in [-0.1, -0.05) is 12.1 Å². The molecule has 120 valence electrons. The number of hydrogen-bond acceptors (Lipinski definition) is 6. The van der Waals surface area contributed by atoms with Gasteiger partial charge in [-0.05, 0) is 22.0 Å². The van der Waals surface area contributed by atoms with Crippen LogP contribution in [0, 0.1) is 10.1 Å².